The Kier molecular flexibility index (Phi) is 5.26. The number of piperidine rings is 1. The second-order valence-electron chi connectivity index (χ2n) is 6.72. The predicted molar refractivity (Wildman–Crippen MR) is 88.2 cm³/mol. The number of hydrogen-bond donors (Lipinski definition) is 0. The lowest BCUT2D eigenvalue weighted by Gasteiger charge is -2.39. The molecule has 0 N–H and O–H groups in total. The molecule has 0 unspecified atom stereocenters. The first-order valence-electron chi connectivity index (χ1n) is 8.54. The minimum Gasteiger partial charge on any atom is -0.381 e. The Morgan fingerprint density at radius 3 is 2.59 bits per heavy atom. The van der Waals surface area contributed by atoms with Crippen LogP contribution in [-0.4, -0.2) is 60.8 Å². The average Bonchev–Trinajstić information content (AvgIpc) is 2.56. The molecule has 122 valence electrons. The highest BCUT2D eigenvalue weighted by molar-refractivity contribution is 5.39. The van der Waals surface area contributed by atoms with E-state index in [2.05, 4.69) is 32.9 Å². The van der Waals surface area contributed by atoms with E-state index in [1.807, 2.05) is 6.92 Å². The predicted octanol–water partition coefficient (Wildman–Crippen LogP) is 2.11. The molecule has 1 aromatic rings. The molecule has 2 aliphatic heterocycles. The van der Waals surface area contributed by atoms with Crippen LogP contribution in [0.15, 0.2) is 12.4 Å². The summed E-state index contributed by atoms with van der Waals surface area (Å²) in [5.74, 6) is 1.89. The molecule has 0 spiro atoms. The van der Waals surface area contributed by atoms with Gasteiger partial charge in [0.2, 0.25) is 0 Å². The van der Waals surface area contributed by atoms with E-state index in [0.29, 0.717) is 6.04 Å². The number of aromatic nitrogens is 2. The molecule has 5 heteroatoms. The molecule has 0 saturated carbocycles. The standard InChI is InChI=1S/C17H28N4O/c1-14-11-17(19-13-18-14)20(2)16-3-7-21(8-4-16)12-15-5-9-22-10-6-15/h11,13,15-16H,3-10,12H2,1-2H3. The zero-order chi connectivity index (χ0) is 15.4. The quantitative estimate of drug-likeness (QED) is 0.852. The third kappa shape index (κ3) is 3.96. The Bertz CT molecular complexity index is 467. The molecular formula is C17H28N4O. The summed E-state index contributed by atoms with van der Waals surface area (Å²) in [4.78, 5) is 13.6. The monoisotopic (exact) mass is 304 g/mol. The summed E-state index contributed by atoms with van der Waals surface area (Å²) in [6.07, 6.45) is 6.59. The maximum atomic E-state index is 5.46. The van der Waals surface area contributed by atoms with Crippen LogP contribution in [0.3, 0.4) is 0 Å². The van der Waals surface area contributed by atoms with Gasteiger partial charge in [-0.25, -0.2) is 9.97 Å². The summed E-state index contributed by atoms with van der Waals surface area (Å²) >= 11 is 0. The number of rotatable bonds is 4. The van der Waals surface area contributed by atoms with E-state index in [1.54, 1.807) is 6.33 Å². The Hall–Kier alpha value is -1.20. The fraction of sp³-hybridized carbons (Fsp3) is 0.765. The summed E-state index contributed by atoms with van der Waals surface area (Å²) in [5, 5.41) is 0. The maximum absolute atomic E-state index is 5.46. The SMILES string of the molecule is Cc1cc(N(C)C2CCN(CC3CCOCC3)CC2)ncn1. The van der Waals surface area contributed by atoms with E-state index in [-0.39, 0.29) is 0 Å². The molecule has 2 saturated heterocycles. The maximum Gasteiger partial charge on any atom is 0.132 e. The van der Waals surface area contributed by atoms with Crippen molar-refractivity contribution in [1.82, 2.24) is 14.9 Å². The molecule has 0 atom stereocenters. The van der Waals surface area contributed by atoms with Gasteiger partial charge in [0.05, 0.1) is 0 Å². The molecule has 22 heavy (non-hydrogen) atoms. The first-order valence-corrected chi connectivity index (χ1v) is 8.54. The Labute approximate surface area is 133 Å². The number of likely N-dealkylation sites (tertiary alicyclic amines) is 1. The first kappa shape index (κ1) is 15.7. The summed E-state index contributed by atoms with van der Waals surface area (Å²) in [7, 11) is 2.17. The van der Waals surface area contributed by atoms with Crippen molar-refractivity contribution >= 4 is 5.82 Å². The van der Waals surface area contributed by atoms with Gasteiger partial charge in [-0.3, -0.25) is 0 Å². The lowest BCUT2D eigenvalue weighted by molar-refractivity contribution is 0.0488. The summed E-state index contributed by atoms with van der Waals surface area (Å²) < 4.78 is 5.46. The molecule has 0 aliphatic carbocycles. The van der Waals surface area contributed by atoms with Crippen LogP contribution in [-0.2, 0) is 4.74 Å². The van der Waals surface area contributed by atoms with Crippen molar-refractivity contribution in [3.63, 3.8) is 0 Å². The van der Waals surface area contributed by atoms with E-state index in [0.717, 1.165) is 30.6 Å². The first-order chi connectivity index (χ1) is 10.7. The van der Waals surface area contributed by atoms with Crippen LogP contribution in [0, 0.1) is 12.8 Å². The molecule has 1 aromatic heterocycles. The van der Waals surface area contributed by atoms with Crippen LogP contribution in [0.25, 0.3) is 0 Å². The van der Waals surface area contributed by atoms with Crippen LogP contribution in [0.5, 0.6) is 0 Å². The lowest BCUT2D eigenvalue weighted by Crippen LogP contribution is -2.45. The average molecular weight is 304 g/mol. The number of hydrogen-bond acceptors (Lipinski definition) is 5. The highest BCUT2D eigenvalue weighted by Gasteiger charge is 2.25. The summed E-state index contributed by atoms with van der Waals surface area (Å²) in [5.41, 5.74) is 1.04. The van der Waals surface area contributed by atoms with Gasteiger partial charge in [-0.15, -0.1) is 0 Å². The topological polar surface area (TPSA) is 41.5 Å². The highest BCUT2D eigenvalue weighted by atomic mass is 16.5. The highest BCUT2D eigenvalue weighted by Crippen LogP contribution is 2.23. The van der Waals surface area contributed by atoms with Crippen LogP contribution in [0.1, 0.15) is 31.4 Å². The molecule has 5 nitrogen and oxygen atoms in total. The number of anilines is 1. The molecular weight excluding hydrogens is 276 g/mol. The van der Waals surface area contributed by atoms with Gasteiger partial charge >= 0.3 is 0 Å². The minimum absolute atomic E-state index is 0.597. The van der Waals surface area contributed by atoms with E-state index >= 15 is 0 Å². The molecule has 3 rings (SSSR count). The van der Waals surface area contributed by atoms with Gasteiger partial charge in [0.1, 0.15) is 12.1 Å². The molecule has 2 aliphatic rings. The zero-order valence-electron chi connectivity index (χ0n) is 13.9. The van der Waals surface area contributed by atoms with Crippen LogP contribution < -0.4 is 4.90 Å². The van der Waals surface area contributed by atoms with Crippen molar-refractivity contribution in [2.24, 2.45) is 5.92 Å². The van der Waals surface area contributed by atoms with Gasteiger partial charge in [-0.05, 0) is 38.5 Å². The summed E-state index contributed by atoms with van der Waals surface area (Å²) in [6, 6.07) is 2.68. The molecule has 0 bridgehead atoms. The van der Waals surface area contributed by atoms with Gasteiger partial charge in [0.15, 0.2) is 0 Å². The van der Waals surface area contributed by atoms with Gasteiger partial charge in [-0.1, -0.05) is 0 Å². The van der Waals surface area contributed by atoms with Crippen molar-refractivity contribution < 1.29 is 4.74 Å². The third-order valence-electron chi connectivity index (χ3n) is 5.11. The molecule has 0 amide bonds. The van der Waals surface area contributed by atoms with Gasteiger partial charge in [0, 0.05) is 57.7 Å². The Morgan fingerprint density at radius 1 is 1.18 bits per heavy atom. The lowest BCUT2D eigenvalue weighted by atomic mass is 9.97. The van der Waals surface area contributed by atoms with Crippen LogP contribution in [0.2, 0.25) is 0 Å². The second kappa shape index (κ2) is 7.38. The van der Waals surface area contributed by atoms with Gasteiger partial charge in [-0.2, -0.15) is 0 Å². The third-order valence-corrected chi connectivity index (χ3v) is 5.11. The number of aryl methyl sites for hydroxylation is 1. The Morgan fingerprint density at radius 2 is 1.91 bits per heavy atom. The Balaban J connectivity index is 1.48. The van der Waals surface area contributed by atoms with Crippen molar-refractivity contribution in [3.8, 4) is 0 Å². The van der Waals surface area contributed by atoms with Gasteiger partial charge < -0.3 is 14.5 Å². The van der Waals surface area contributed by atoms with E-state index in [4.69, 9.17) is 4.74 Å². The van der Waals surface area contributed by atoms with Crippen molar-refractivity contribution in [1.29, 1.82) is 0 Å². The fourth-order valence-electron chi connectivity index (χ4n) is 3.60. The van der Waals surface area contributed by atoms with E-state index in [9.17, 15) is 0 Å². The van der Waals surface area contributed by atoms with Gasteiger partial charge in [0.25, 0.3) is 0 Å². The van der Waals surface area contributed by atoms with E-state index < -0.39 is 0 Å². The second-order valence-corrected chi connectivity index (χ2v) is 6.72. The van der Waals surface area contributed by atoms with Crippen LogP contribution in [0.4, 0.5) is 5.82 Å². The number of ether oxygens (including phenoxy) is 1. The molecule has 0 aromatic carbocycles. The van der Waals surface area contributed by atoms with E-state index in [1.165, 1.54) is 45.3 Å². The zero-order valence-corrected chi connectivity index (χ0v) is 13.9. The smallest absolute Gasteiger partial charge is 0.132 e. The van der Waals surface area contributed by atoms with Crippen LogP contribution >= 0.6 is 0 Å². The molecule has 2 fully saturated rings. The fourth-order valence-corrected chi connectivity index (χ4v) is 3.60. The summed E-state index contributed by atoms with van der Waals surface area (Å²) in [6.45, 7) is 7.60. The molecule has 0 radical (unpaired) electrons. The van der Waals surface area contributed by atoms with Crippen molar-refractivity contribution in [3.05, 3.63) is 18.1 Å². The van der Waals surface area contributed by atoms with Crippen molar-refractivity contribution in [2.75, 3.05) is 44.8 Å². The largest absolute Gasteiger partial charge is 0.381 e. The normalized spacial score (nSPS) is 21.9. The number of nitrogens with zero attached hydrogens (tertiary/aromatic N) is 4. The van der Waals surface area contributed by atoms with Crippen molar-refractivity contribution in [2.45, 2.75) is 38.6 Å². The molecule has 3 heterocycles. The minimum atomic E-state index is 0.597.